The van der Waals surface area contributed by atoms with E-state index >= 15 is 0 Å². The van der Waals surface area contributed by atoms with Crippen LogP contribution in [0.4, 0.5) is 11.4 Å². The van der Waals surface area contributed by atoms with Crippen LogP contribution in [-0.2, 0) is 59.2 Å². The van der Waals surface area contributed by atoms with E-state index in [0.29, 0.717) is 65.8 Å². The Labute approximate surface area is 487 Å². The highest BCUT2D eigenvalue weighted by Gasteiger charge is 2.36. The summed E-state index contributed by atoms with van der Waals surface area (Å²) in [6.45, 7) is 12.2. The lowest BCUT2D eigenvalue weighted by atomic mass is 9.79. The number of nitrogens with one attached hydrogen (secondary N) is 1. The summed E-state index contributed by atoms with van der Waals surface area (Å²) in [7, 11) is 3.92. The van der Waals surface area contributed by atoms with Gasteiger partial charge in [-0.3, -0.25) is 28.5 Å². The van der Waals surface area contributed by atoms with Gasteiger partial charge >= 0.3 is 0 Å². The normalized spacial score (nSPS) is 21.7. The third kappa shape index (κ3) is 16.6. The first-order valence-corrected chi connectivity index (χ1v) is 31.0. The van der Waals surface area contributed by atoms with Crippen LogP contribution in [0.2, 0.25) is 10.0 Å². The van der Waals surface area contributed by atoms with E-state index in [1.54, 1.807) is 0 Å². The number of halogens is 3. The van der Waals surface area contributed by atoms with Gasteiger partial charge in [0.1, 0.15) is 11.6 Å². The van der Waals surface area contributed by atoms with E-state index in [0.717, 1.165) is 187 Å². The number of aromatic nitrogens is 4. The zero-order valence-electron chi connectivity index (χ0n) is 47.7. The molecule has 16 heteroatoms. The minimum absolute atomic E-state index is 0. The van der Waals surface area contributed by atoms with Gasteiger partial charge in [-0.2, -0.15) is 10.2 Å². The Hall–Kier alpha value is -4.11. The molecule has 13 nitrogen and oxygen atoms in total. The van der Waals surface area contributed by atoms with Crippen molar-refractivity contribution in [3.05, 3.63) is 92.5 Å². The average Bonchev–Trinajstić information content (AvgIpc) is 4.14. The fourth-order valence-electron chi connectivity index (χ4n) is 13.6. The average molecular weight is 1140 g/mol. The van der Waals surface area contributed by atoms with Crippen LogP contribution in [-0.4, -0.2) is 105 Å². The van der Waals surface area contributed by atoms with Gasteiger partial charge in [0.15, 0.2) is 0 Å². The summed E-state index contributed by atoms with van der Waals surface area (Å²) in [4.78, 5) is 61.9. The van der Waals surface area contributed by atoms with E-state index in [-0.39, 0.29) is 36.1 Å². The maximum Gasteiger partial charge on any atom is 0.230 e. The van der Waals surface area contributed by atoms with Crippen LogP contribution in [0.15, 0.2) is 48.8 Å². The first kappa shape index (κ1) is 61.0. The second-order valence-electron chi connectivity index (χ2n) is 24.0. The van der Waals surface area contributed by atoms with Crippen LogP contribution in [0.3, 0.4) is 0 Å². The molecule has 6 aliphatic rings. The smallest absolute Gasteiger partial charge is 0.230 e. The zero-order chi connectivity index (χ0) is 54.5. The Morgan fingerprint density at radius 2 is 0.975 bits per heavy atom. The summed E-state index contributed by atoms with van der Waals surface area (Å²) in [6, 6.07) is 11.7. The van der Waals surface area contributed by atoms with E-state index in [4.69, 9.17) is 23.2 Å². The second-order valence-corrected chi connectivity index (χ2v) is 24.9. The van der Waals surface area contributed by atoms with Gasteiger partial charge in [0.05, 0.1) is 25.5 Å². The Kier molecular flexibility index (Phi) is 23.0. The molecule has 0 atom stereocenters. The molecule has 2 aromatic carbocycles. The number of fused-ring (bicyclic) bond motifs is 4. The number of ketones is 2. The van der Waals surface area contributed by atoms with Gasteiger partial charge in [0.25, 0.3) is 0 Å². The van der Waals surface area contributed by atoms with Gasteiger partial charge in [-0.15, -0.1) is 12.4 Å². The first-order chi connectivity index (χ1) is 37.9. The van der Waals surface area contributed by atoms with Crippen molar-refractivity contribution in [2.75, 3.05) is 62.2 Å². The molecule has 4 fully saturated rings. The number of unbranched alkanes of at least 4 members (excludes halogenated alkanes) is 3. The topological polar surface area (TPSA) is 129 Å². The molecule has 2 saturated carbocycles. The SMILES string of the molecule is CCCCCCN1CCN(CCC(=O)CCC2CCC(C(=O)N3Cc4cnn(C)c4Cc4cc(Cl)ccc43)CC2)CC1.Cl.Cn1ncc2c1Cc1cc(Cl)ccc1N(C(=O)C1CCC(CCC(=O)CCC3CCNCC3)CC1)C2. The van der Waals surface area contributed by atoms with E-state index in [1.807, 2.05) is 82.1 Å². The molecule has 6 heterocycles. The highest BCUT2D eigenvalue weighted by Crippen LogP contribution is 2.40. The molecule has 10 rings (SSSR count). The van der Waals surface area contributed by atoms with Crippen LogP contribution >= 0.6 is 35.6 Å². The molecule has 0 radical (unpaired) electrons. The number of hydrogen-bond acceptors (Lipinski definition) is 9. The number of carbonyl (C=O) groups excluding carboxylic acids is 4. The number of amides is 2. The number of piperidine rings is 1. The van der Waals surface area contributed by atoms with E-state index < -0.39 is 0 Å². The van der Waals surface area contributed by atoms with Crippen LogP contribution in [0.5, 0.6) is 0 Å². The Balaban J connectivity index is 0.000000208. The van der Waals surface area contributed by atoms with Crippen molar-refractivity contribution in [2.45, 2.75) is 168 Å². The van der Waals surface area contributed by atoms with Crippen LogP contribution in [0, 0.1) is 29.6 Å². The molecule has 0 spiro atoms. The number of rotatable bonds is 19. The molecule has 4 aromatic rings. The molecule has 1 N–H and O–H groups in total. The summed E-state index contributed by atoms with van der Waals surface area (Å²) in [5, 5.41) is 13.7. The summed E-state index contributed by atoms with van der Waals surface area (Å²) in [6.07, 6.45) is 26.5. The summed E-state index contributed by atoms with van der Waals surface area (Å²) in [5.74, 6) is 3.17. The minimum atomic E-state index is 0. The molecule has 79 heavy (non-hydrogen) atoms. The highest BCUT2D eigenvalue weighted by atomic mass is 35.5. The van der Waals surface area contributed by atoms with E-state index in [1.165, 1.54) is 45.1 Å². The van der Waals surface area contributed by atoms with Gasteiger partial charge in [0, 0.05) is 141 Å². The van der Waals surface area contributed by atoms with E-state index in [9.17, 15) is 19.2 Å². The molecule has 0 unspecified atom stereocenters. The van der Waals surface area contributed by atoms with E-state index in [2.05, 4.69) is 32.2 Å². The highest BCUT2D eigenvalue weighted by molar-refractivity contribution is 6.31. The lowest BCUT2D eigenvalue weighted by Gasteiger charge is -2.34. The van der Waals surface area contributed by atoms with Crippen molar-refractivity contribution < 1.29 is 19.2 Å². The van der Waals surface area contributed by atoms with Crippen molar-refractivity contribution in [3.63, 3.8) is 0 Å². The number of benzene rings is 2. The summed E-state index contributed by atoms with van der Waals surface area (Å²) >= 11 is 12.7. The van der Waals surface area contributed by atoms with Crippen molar-refractivity contribution in [3.8, 4) is 0 Å². The number of hydrogen-bond donors (Lipinski definition) is 1. The van der Waals surface area contributed by atoms with Gasteiger partial charge in [-0.05, 0) is 175 Å². The maximum absolute atomic E-state index is 13.9. The fourth-order valence-corrected chi connectivity index (χ4v) is 13.9. The molecule has 2 saturated heterocycles. The summed E-state index contributed by atoms with van der Waals surface area (Å²) in [5.41, 5.74) is 8.60. The Morgan fingerprint density at radius 1 is 0.544 bits per heavy atom. The van der Waals surface area contributed by atoms with Crippen LogP contribution in [0.25, 0.3) is 0 Å². The predicted molar refractivity (Wildman–Crippen MR) is 320 cm³/mol. The molecule has 2 aliphatic carbocycles. The largest absolute Gasteiger partial charge is 0.317 e. The summed E-state index contributed by atoms with van der Waals surface area (Å²) < 4.78 is 3.82. The fraction of sp³-hybridized carbons (Fsp3) is 0.651. The third-order valence-corrected chi connectivity index (χ3v) is 19.2. The molecular formula is C63H90Cl3N9O4. The molecule has 2 amide bonds. The van der Waals surface area contributed by atoms with Crippen molar-refractivity contribution >= 4 is 70.4 Å². The first-order valence-electron chi connectivity index (χ1n) is 30.3. The molecule has 0 bridgehead atoms. The zero-order valence-corrected chi connectivity index (χ0v) is 50.0. The number of carbonyl (C=O) groups is 4. The Bertz CT molecular complexity index is 2640. The quantitative estimate of drug-likeness (QED) is 0.0913. The maximum atomic E-state index is 13.9. The van der Waals surface area contributed by atoms with Crippen molar-refractivity contribution in [1.82, 2.24) is 34.7 Å². The Morgan fingerprint density at radius 3 is 1.43 bits per heavy atom. The second kappa shape index (κ2) is 29.7. The van der Waals surface area contributed by atoms with Gasteiger partial charge in [-0.1, -0.05) is 49.4 Å². The van der Waals surface area contributed by atoms with Crippen molar-refractivity contribution in [2.24, 2.45) is 43.7 Å². The van der Waals surface area contributed by atoms with Gasteiger partial charge in [0.2, 0.25) is 11.8 Å². The van der Waals surface area contributed by atoms with Gasteiger partial charge in [-0.25, -0.2) is 0 Å². The number of nitrogens with zero attached hydrogens (tertiary/aromatic N) is 8. The lowest BCUT2D eigenvalue weighted by molar-refractivity contribution is -0.124. The van der Waals surface area contributed by atoms with Gasteiger partial charge < -0.3 is 24.9 Å². The molecular weight excluding hydrogens is 1050 g/mol. The number of anilines is 2. The molecule has 432 valence electrons. The number of aryl methyl sites for hydroxylation is 2. The molecule has 4 aliphatic heterocycles. The third-order valence-electron chi connectivity index (χ3n) is 18.7. The van der Waals surface area contributed by atoms with Crippen LogP contribution in [0.1, 0.15) is 175 Å². The monoisotopic (exact) mass is 1140 g/mol. The lowest BCUT2D eigenvalue weighted by Crippen LogP contribution is -2.47. The predicted octanol–water partition coefficient (Wildman–Crippen LogP) is 12.1. The molecule has 2 aromatic heterocycles. The minimum Gasteiger partial charge on any atom is -0.317 e. The number of Topliss-reactive ketones (excluding diaryl/α,β-unsaturated/α-hetero) is 2. The van der Waals surface area contributed by atoms with Crippen molar-refractivity contribution in [1.29, 1.82) is 0 Å². The van der Waals surface area contributed by atoms with Crippen LogP contribution < -0.4 is 15.1 Å². The standard InChI is InChI=1S/C34H50ClN5O2.C29H39ClN4O2.ClH/c1-3-4-5-6-16-38-18-20-39(21-19-38)17-15-31(41)13-9-26-7-10-27(11-8-26)34(42)40-25-29-24-36-37(2)33(29)23-28-22-30(35)12-14-32(28)40;1-33-28-17-23-16-25(30)8-11-27(23)34(19-24(28)18-32-33)29(36)22-6-2-20(3-7-22)4-9-26(35)10-5-21-12-14-31-15-13-21;/h12,14,22,24,26-27H,3-11,13,15-21,23,25H2,1-2H3;8,11,16,18,20-22,31H,2-7,9-10,12-15,17,19H2,1H3;1H. The number of piperazine rings is 1.